The van der Waals surface area contributed by atoms with Crippen LogP contribution in [0, 0.1) is 0 Å². The van der Waals surface area contributed by atoms with Crippen molar-refractivity contribution in [2.45, 2.75) is 44.9 Å². The van der Waals surface area contributed by atoms with E-state index in [-0.39, 0.29) is 18.8 Å². The van der Waals surface area contributed by atoms with Gasteiger partial charge < -0.3 is 10.1 Å². The van der Waals surface area contributed by atoms with Gasteiger partial charge in [0.1, 0.15) is 5.82 Å². The molecule has 0 spiro atoms. The molecular weight excluding hydrogens is 228 g/mol. The van der Waals surface area contributed by atoms with Crippen LogP contribution in [-0.4, -0.2) is 21.0 Å². The first-order chi connectivity index (χ1) is 7.25. The molecule has 16 heavy (non-hydrogen) atoms. The largest absolute Gasteiger partial charge is 0.481 e. The van der Waals surface area contributed by atoms with Crippen molar-refractivity contribution < 1.29 is 9.90 Å². The maximum Gasteiger partial charge on any atom is 0.303 e. The maximum absolute atomic E-state index is 10.4. The lowest BCUT2D eigenvalue weighted by Crippen LogP contribution is -2.00. The van der Waals surface area contributed by atoms with Crippen LogP contribution >= 0.6 is 12.4 Å². The van der Waals surface area contributed by atoms with Crippen LogP contribution in [0.5, 0.6) is 0 Å². The molecular formula is C11H17ClN2O2. The monoisotopic (exact) mass is 244 g/mol. The highest BCUT2D eigenvalue weighted by atomic mass is 35.5. The first-order valence-electron chi connectivity index (χ1n) is 5.54. The van der Waals surface area contributed by atoms with Crippen molar-refractivity contribution in [3.8, 4) is 0 Å². The van der Waals surface area contributed by atoms with Crippen molar-refractivity contribution in [1.82, 2.24) is 9.97 Å². The van der Waals surface area contributed by atoms with Crippen LogP contribution in [0.25, 0.3) is 0 Å². The molecule has 0 radical (unpaired) electrons. The molecule has 90 valence electrons. The van der Waals surface area contributed by atoms with Crippen LogP contribution < -0.4 is 0 Å². The van der Waals surface area contributed by atoms with E-state index in [1.54, 1.807) is 0 Å². The van der Waals surface area contributed by atoms with Gasteiger partial charge in [-0.25, -0.2) is 4.98 Å². The number of hydrogen-bond donors (Lipinski definition) is 2. The van der Waals surface area contributed by atoms with Crippen molar-refractivity contribution in [1.29, 1.82) is 0 Å². The fourth-order valence-electron chi connectivity index (χ4n) is 2.04. The van der Waals surface area contributed by atoms with Gasteiger partial charge >= 0.3 is 5.97 Å². The predicted octanol–water partition coefficient (Wildman–Crippen LogP) is 2.12. The highest BCUT2D eigenvalue weighted by molar-refractivity contribution is 5.85. The van der Waals surface area contributed by atoms with E-state index in [4.69, 9.17) is 5.11 Å². The van der Waals surface area contributed by atoms with Crippen molar-refractivity contribution in [3.63, 3.8) is 0 Å². The third-order valence-electron chi connectivity index (χ3n) is 2.81. The Morgan fingerprint density at radius 1 is 1.38 bits per heavy atom. The number of rotatable bonds is 4. The summed E-state index contributed by atoms with van der Waals surface area (Å²) in [5.74, 6) is 0.231. The SMILES string of the molecule is Cl.O=C(O)CCCc1nc2c([nH]1)CCCC2. The number of carboxylic acids is 1. The molecule has 0 saturated carbocycles. The van der Waals surface area contributed by atoms with Gasteiger partial charge in [0.05, 0.1) is 5.69 Å². The molecule has 4 nitrogen and oxygen atoms in total. The van der Waals surface area contributed by atoms with Crippen LogP contribution in [0.15, 0.2) is 0 Å². The Morgan fingerprint density at radius 3 is 2.81 bits per heavy atom. The molecule has 0 fully saturated rings. The second-order valence-electron chi connectivity index (χ2n) is 4.06. The highest BCUT2D eigenvalue weighted by Crippen LogP contribution is 2.19. The van der Waals surface area contributed by atoms with Gasteiger partial charge in [0.25, 0.3) is 0 Å². The van der Waals surface area contributed by atoms with Crippen LogP contribution in [0.1, 0.15) is 42.9 Å². The number of aromatic amines is 1. The number of H-pyrrole nitrogens is 1. The number of aryl methyl sites for hydroxylation is 3. The molecule has 0 amide bonds. The van der Waals surface area contributed by atoms with Gasteiger partial charge in [-0.1, -0.05) is 0 Å². The zero-order chi connectivity index (χ0) is 10.7. The number of fused-ring (bicyclic) bond motifs is 1. The summed E-state index contributed by atoms with van der Waals surface area (Å²) >= 11 is 0. The quantitative estimate of drug-likeness (QED) is 0.853. The van der Waals surface area contributed by atoms with Crippen LogP contribution in [0.3, 0.4) is 0 Å². The molecule has 0 aromatic carbocycles. The lowest BCUT2D eigenvalue weighted by atomic mass is 10.0. The van der Waals surface area contributed by atoms with E-state index in [1.165, 1.54) is 24.2 Å². The first kappa shape index (κ1) is 13.0. The molecule has 5 heteroatoms. The third kappa shape index (κ3) is 3.23. The summed E-state index contributed by atoms with van der Waals surface area (Å²) in [7, 11) is 0. The Hall–Kier alpha value is -1.03. The minimum atomic E-state index is -0.730. The molecule has 1 heterocycles. The smallest absolute Gasteiger partial charge is 0.303 e. The lowest BCUT2D eigenvalue weighted by Gasteiger charge is -2.07. The fourth-order valence-corrected chi connectivity index (χ4v) is 2.04. The average molecular weight is 245 g/mol. The van der Waals surface area contributed by atoms with E-state index in [0.29, 0.717) is 6.42 Å². The molecule has 2 N–H and O–H groups in total. The van der Waals surface area contributed by atoms with E-state index in [9.17, 15) is 4.79 Å². The van der Waals surface area contributed by atoms with E-state index < -0.39 is 5.97 Å². The van der Waals surface area contributed by atoms with Crippen LogP contribution in [0.2, 0.25) is 0 Å². The van der Waals surface area contributed by atoms with Crippen molar-refractivity contribution in [3.05, 3.63) is 17.2 Å². The Labute approximate surface area is 101 Å². The third-order valence-corrected chi connectivity index (χ3v) is 2.81. The molecule has 0 bridgehead atoms. The highest BCUT2D eigenvalue weighted by Gasteiger charge is 2.13. The normalized spacial score (nSPS) is 14.0. The summed E-state index contributed by atoms with van der Waals surface area (Å²) in [5, 5.41) is 8.52. The lowest BCUT2D eigenvalue weighted by molar-refractivity contribution is -0.137. The molecule has 0 aliphatic heterocycles. The standard InChI is InChI=1S/C11H16N2O2.ClH/c14-11(15)7-3-6-10-12-8-4-1-2-5-9(8)13-10;/h1-7H2,(H,12,13)(H,14,15);1H. The van der Waals surface area contributed by atoms with Gasteiger partial charge in [0, 0.05) is 18.5 Å². The van der Waals surface area contributed by atoms with Crippen LogP contribution in [-0.2, 0) is 24.1 Å². The Kier molecular flexibility index (Phi) is 4.80. The predicted molar refractivity (Wildman–Crippen MR) is 63.1 cm³/mol. The number of imidazole rings is 1. The minimum absolute atomic E-state index is 0. The summed E-state index contributed by atoms with van der Waals surface area (Å²) in [5.41, 5.74) is 2.47. The van der Waals surface area contributed by atoms with Crippen molar-refractivity contribution in [2.75, 3.05) is 0 Å². The number of nitrogens with zero attached hydrogens (tertiary/aromatic N) is 1. The van der Waals surface area contributed by atoms with Gasteiger partial charge in [0.2, 0.25) is 0 Å². The summed E-state index contributed by atoms with van der Waals surface area (Å²) in [4.78, 5) is 18.2. The van der Waals surface area contributed by atoms with E-state index in [2.05, 4.69) is 9.97 Å². The van der Waals surface area contributed by atoms with Gasteiger partial charge in [-0.2, -0.15) is 0 Å². The van der Waals surface area contributed by atoms with Crippen molar-refractivity contribution in [2.24, 2.45) is 0 Å². The number of nitrogens with one attached hydrogen (secondary N) is 1. The Balaban J connectivity index is 0.00000128. The average Bonchev–Trinajstić information content (AvgIpc) is 2.59. The summed E-state index contributed by atoms with van der Waals surface area (Å²) < 4.78 is 0. The molecule has 1 aliphatic rings. The molecule has 0 atom stereocenters. The first-order valence-corrected chi connectivity index (χ1v) is 5.54. The van der Waals surface area contributed by atoms with Crippen LogP contribution in [0.4, 0.5) is 0 Å². The van der Waals surface area contributed by atoms with Gasteiger partial charge in [-0.15, -0.1) is 12.4 Å². The summed E-state index contributed by atoms with van der Waals surface area (Å²) in [6, 6.07) is 0. The minimum Gasteiger partial charge on any atom is -0.481 e. The number of aliphatic carboxylic acids is 1. The topological polar surface area (TPSA) is 66.0 Å². The zero-order valence-electron chi connectivity index (χ0n) is 9.16. The molecule has 1 aliphatic carbocycles. The molecule has 0 unspecified atom stereocenters. The van der Waals surface area contributed by atoms with E-state index in [1.807, 2.05) is 0 Å². The second-order valence-corrected chi connectivity index (χ2v) is 4.06. The zero-order valence-corrected chi connectivity index (χ0v) is 9.98. The van der Waals surface area contributed by atoms with E-state index in [0.717, 1.165) is 25.1 Å². The number of aromatic nitrogens is 2. The maximum atomic E-state index is 10.4. The summed E-state index contributed by atoms with van der Waals surface area (Å²) in [6.45, 7) is 0. The van der Waals surface area contributed by atoms with Gasteiger partial charge in [0.15, 0.2) is 0 Å². The number of carbonyl (C=O) groups is 1. The Bertz CT molecular complexity index is 339. The number of hydrogen-bond acceptors (Lipinski definition) is 2. The molecule has 2 rings (SSSR count). The van der Waals surface area contributed by atoms with E-state index >= 15 is 0 Å². The molecule has 0 saturated heterocycles. The Morgan fingerprint density at radius 2 is 2.12 bits per heavy atom. The molecule has 1 aromatic heterocycles. The number of carboxylic acid groups (broad SMARTS) is 1. The number of halogens is 1. The summed E-state index contributed by atoms with van der Waals surface area (Å²) in [6.07, 6.45) is 6.29. The van der Waals surface area contributed by atoms with Gasteiger partial charge in [-0.05, 0) is 32.1 Å². The molecule has 1 aromatic rings. The second kappa shape index (κ2) is 5.89. The van der Waals surface area contributed by atoms with Gasteiger partial charge in [-0.3, -0.25) is 4.79 Å². The fraction of sp³-hybridized carbons (Fsp3) is 0.636. The van der Waals surface area contributed by atoms with Crippen molar-refractivity contribution >= 4 is 18.4 Å².